The molecule has 3 N–H and O–H groups in total. The summed E-state index contributed by atoms with van der Waals surface area (Å²) in [5.41, 5.74) is 0.219. The van der Waals surface area contributed by atoms with Crippen LogP contribution < -0.4 is 15.4 Å². The summed E-state index contributed by atoms with van der Waals surface area (Å²) < 4.78 is 40.5. The Bertz CT molecular complexity index is 612. The van der Waals surface area contributed by atoms with Crippen LogP contribution in [0.15, 0.2) is 23.1 Å². The number of carbonyl (C=O) groups is 1. The Morgan fingerprint density at radius 3 is 2.75 bits per heavy atom. The molecule has 1 heterocycles. The lowest BCUT2D eigenvalue weighted by atomic mass is 10.3. The molecule has 110 valence electrons. The number of halogens is 1. The summed E-state index contributed by atoms with van der Waals surface area (Å²) in [5, 5.41) is 5.42. The highest BCUT2D eigenvalue weighted by Gasteiger charge is 2.25. The van der Waals surface area contributed by atoms with Crippen molar-refractivity contribution in [3.63, 3.8) is 0 Å². The monoisotopic (exact) mass is 301 g/mol. The minimum Gasteiger partial charge on any atom is -0.326 e. The molecule has 1 amide bonds. The Morgan fingerprint density at radius 2 is 2.20 bits per heavy atom. The van der Waals surface area contributed by atoms with Gasteiger partial charge in [0.15, 0.2) is 0 Å². The van der Waals surface area contributed by atoms with Gasteiger partial charge in [-0.1, -0.05) is 0 Å². The van der Waals surface area contributed by atoms with E-state index in [-0.39, 0.29) is 17.6 Å². The molecule has 1 aromatic rings. The van der Waals surface area contributed by atoms with Crippen molar-refractivity contribution in [1.82, 2.24) is 10.0 Å². The van der Waals surface area contributed by atoms with Crippen molar-refractivity contribution >= 4 is 21.6 Å². The molecule has 6 nitrogen and oxygen atoms in total. The van der Waals surface area contributed by atoms with Crippen molar-refractivity contribution in [2.24, 2.45) is 0 Å². The molecule has 8 heteroatoms. The first kappa shape index (κ1) is 14.9. The first-order chi connectivity index (χ1) is 9.38. The van der Waals surface area contributed by atoms with Crippen LogP contribution in [0, 0.1) is 5.82 Å². The molecule has 1 fully saturated rings. The van der Waals surface area contributed by atoms with Crippen molar-refractivity contribution in [3.05, 3.63) is 24.0 Å². The molecule has 1 saturated heterocycles. The third-order valence-corrected chi connectivity index (χ3v) is 4.48. The van der Waals surface area contributed by atoms with Crippen LogP contribution in [0.3, 0.4) is 0 Å². The van der Waals surface area contributed by atoms with Gasteiger partial charge in [-0.05, 0) is 31.2 Å². The van der Waals surface area contributed by atoms with Crippen LogP contribution in [-0.4, -0.2) is 33.5 Å². The van der Waals surface area contributed by atoms with Crippen LogP contribution in [-0.2, 0) is 14.8 Å². The quantitative estimate of drug-likeness (QED) is 0.752. The lowest BCUT2D eigenvalue weighted by Crippen LogP contribution is -2.36. The molecule has 1 aromatic carbocycles. The molecule has 1 aliphatic rings. The van der Waals surface area contributed by atoms with Gasteiger partial charge in [0.2, 0.25) is 15.9 Å². The largest absolute Gasteiger partial charge is 0.326 e. The van der Waals surface area contributed by atoms with Gasteiger partial charge in [-0.25, -0.2) is 17.5 Å². The maximum atomic E-state index is 13.9. The second kappa shape index (κ2) is 5.86. The third-order valence-electron chi connectivity index (χ3n) is 2.92. The number of carbonyl (C=O) groups excluding carboxylic acids is 1. The molecule has 0 aromatic heterocycles. The summed E-state index contributed by atoms with van der Waals surface area (Å²) >= 11 is 0. The van der Waals surface area contributed by atoms with Crippen LogP contribution in [0.25, 0.3) is 0 Å². The van der Waals surface area contributed by atoms with Crippen molar-refractivity contribution in [1.29, 1.82) is 0 Å². The summed E-state index contributed by atoms with van der Waals surface area (Å²) in [4.78, 5) is 10.4. The molecule has 1 atom stereocenters. The maximum Gasteiger partial charge on any atom is 0.243 e. The van der Waals surface area contributed by atoms with Gasteiger partial charge >= 0.3 is 0 Å². The van der Waals surface area contributed by atoms with Gasteiger partial charge in [-0.3, -0.25) is 4.79 Å². The Hall–Kier alpha value is -1.51. The van der Waals surface area contributed by atoms with Gasteiger partial charge in [0.05, 0.1) is 0 Å². The number of amides is 1. The van der Waals surface area contributed by atoms with E-state index in [0.29, 0.717) is 13.0 Å². The van der Waals surface area contributed by atoms with E-state index in [9.17, 15) is 17.6 Å². The summed E-state index contributed by atoms with van der Waals surface area (Å²) in [6.45, 7) is 2.55. The molecule has 0 bridgehead atoms. The Kier molecular flexibility index (Phi) is 4.36. The van der Waals surface area contributed by atoms with Crippen molar-refractivity contribution < 1.29 is 17.6 Å². The summed E-state index contributed by atoms with van der Waals surface area (Å²) in [5.74, 6) is -1.25. The van der Waals surface area contributed by atoms with Gasteiger partial charge in [0.25, 0.3) is 0 Å². The predicted octanol–water partition coefficient (Wildman–Crippen LogP) is 0.424. The van der Waals surface area contributed by atoms with E-state index in [1.807, 2.05) is 0 Å². The average molecular weight is 301 g/mol. The van der Waals surface area contributed by atoms with E-state index >= 15 is 0 Å². The highest BCUT2D eigenvalue weighted by molar-refractivity contribution is 7.89. The maximum absolute atomic E-state index is 13.9. The molecule has 20 heavy (non-hydrogen) atoms. The van der Waals surface area contributed by atoms with E-state index in [1.165, 1.54) is 13.0 Å². The van der Waals surface area contributed by atoms with Gasteiger partial charge in [-0.15, -0.1) is 0 Å². The predicted molar refractivity (Wildman–Crippen MR) is 72.3 cm³/mol. The van der Waals surface area contributed by atoms with Crippen LogP contribution in [0.5, 0.6) is 0 Å². The lowest BCUT2D eigenvalue weighted by molar-refractivity contribution is -0.114. The first-order valence-electron chi connectivity index (χ1n) is 6.19. The van der Waals surface area contributed by atoms with Gasteiger partial charge < -0.3 is 10.6 Å². The fraction of sp³-hybridized carbons (Fsp3) is 0.417. The van der Waals surface area contributed by atoms with Crippen LogP contribution in [0.1, 0.15) is 13.3 Å². The second-order valence-electron chi connectivity index (χ2n) is 4.64. The molecule has 0 aliphatic carbocycles. The smallest absolute Gasteiger partial charge is 0.243 e. The van der Waals surface area contributed by atoms with Crippen LogP contribution >= 0.6 is 0 Å². The van der Waals surface area contributed by atoms with Crippen molar-refractivity contribution in [2.45, 2.75) is 24.3 Å². The van der Waals surface area contributed by atoms with Crippen molar-refractivity contribution in [2.75, 3.05) is 18.4 Å². The van der Waals surface area contributed by atoms with E-state index in [2.05, 4.69) is 15.4 Å². The molecule has 0 unspecified atom stereocenters. The average Bonchev–Trinajstić information content (AvgIpc) is 2.79. The molecule has 0 radical (unpaired) electrons. The highest BCUT2D eigenvalue weighted by atomic mass is 32.2. The minimum absolute atomic E-state index is 0.219. The number of rotatable bonds is 4. The summed E-state index contributed by atoms with van der Waals surface area (Å²) in [7, 11) is -3.90. The number of benzene rings is 1. The molecular formula is C12H16FN3O3S. The number of hydrogen-bond acceptors (Lipinski definition) is 4. The zero-order chi connectivity index (χ0) is 14.8. The first-order valence-corrected chi connectivity index (χ1v) is 7.67. The number of hydrogen-bond donors (Lipinski definition) is 3. The molecule has 1 aliphatic heterocycles. The molecule has 2 rings (SSSR count). The SMILES string of the molecule is CC(=O)Nc1ccc(S(=O)(=O)N[C@@H]2CCNC2)c(F)c1. The van der Waals surface area contributed by atoms with E-state index in [0.717, 1.165) is 18.7 Å². The summed E-state index contributed by atoms with van der Waals surface area (Å²) in [6.07, 6.45) is 0.671. The zero-order valence-electron chi connectivity index (χ0n) is 10.9. The Morgan fingerprint density at radius 1 is 1.45 bits per heavy atom. The standard InChI is InChI=1S/C12H16FN3O3S/c1-8(17)15-9-2-3-12(11(13)6-9)20(18,19)16-10-4-5-14-7-10/h2-3,6,10,14,16H,4-5,7H2,1H3,(H,15,17)/t10-/m1/s1. The number of sulfonamides is 1. The van der Waals surface area contributed by atoms with Crippen molar-refractivity contribution in [3.8, 4) is 0 Å². The third kappa shape index (κ3) is 3.53. The fourth-order valence-electron chi connectivity index (χ4n) is 2.04. The minimum atomic E-state index is -3.90. The summed E-state index contributed by atoms with van der Waals surface area (Å²) in [6, 6.07) is 3.26. The second-order valence-corrected chi connectivity index (χ2v) is 6.32. The zero-order valence-corrected chi connectivity index (χ0v) is 11.8. The topological polar surface area (TPSA) is 87.3 Å². The van der Waals surface area contributed by atoms with E-state index in [1.54, 1.807) is 0 Å². The Balaban J connectivity index is 2.20. The van der Waals surface area contributed by atoms with Gasteiger partial charge in [0.1, 0.15) is 10.7 Å². The van der Waals surface area contributed by atoms with E-state index < -0.39 is 20.7 Å². The van der Waals surface area contributed by atoms with Crippen LogP contribution in [0.4, 0.5) is 10.1 Å². The molecule has 0 spiro atoms. The number of anilines is 1. The number of nitrogens with one attached hydrogen (secondary N) is 3. The molecular weight excluding hydrogens is 285 g/mol. The molecule has 0 saturated carbocycles. The van der Waals surface area contributed by atoms with Gasteiger partial charge in [-0.2, -0.15) is 0 Å². The normalized spacial score (nSPS) is 19.0. The van der Waals surface area contributed by atoms with E-state index in [4.69, 9.17) is 0 Å². The lowest BCUT2D eigenvalue weighted by Gasteiger charge is -2.13. The highest BCUT2D eigenvalue weighted by Crippen LogP contribution is 2.19. The Labute approximate surface area is 116 Å². The van der Waals surface area contributed by atoms with Crippen LogP contribution in [0.2, 0.25) is 0 Å². The van der Waals surface area contributed by atoms with Gasteiger partial charge in [0, 0.05) is 25.2 Å². The fourth-order valence-corrected chi connectivity index (χ4v) is 3.37.